The van der Waals surface area contributed by atoms with Gasteiger partial charge in [-0.3, -0.25) is 4.79 Å². The lowest BCUT2D eigenvalue weighted by Crippen LogP contribution is -2.55. The van der Waals surface area contributed by atoms with E-state index in [0.717, 1.165) is 37.9 Å². The third kappa shape index (κ3) is 3.51. The van der Waals surface area contributed by atoms with E-state index in [4.69, 9.17) is 0 Å². The standard InChI is InChI=1S/C18H26N2O3S2/c1-14-9-17(24-11-14)25(22,23)20-8-2-6-18(13-20)7-5-16(21)19(12-18)10-15-3-4-15/h9,11,15H,2-8,10,12-13H2,1H3. The Balaban J connectivity index is 1.52. The molecule has 3 fully saturated rings. The number of carbonyl (C=O) groups is 1. The van der Waals surface area contributed by atoms with Gasteiger partial charge in [-0.25, -0.2) is 8.42 Å². The molecule has 1 aromatic heterocycles. The monoisotopic (exact) mass is 382 g/mol. The van der Waals surface area contributed by atoms with Crippen molar-refractivity contribution in [1.82, 2.24) is 9.21 Å². The molecule has 2 saturated heterocycles. The van der Waals surface area contributed by atoms with Gasteiger partial charge in [-0.15, -0.1) is 11.3 Å². The number of likely N-dealkylation sites (tertiary alicyclic amines) is 1. The Bertz CT molecular complexity index is 769. The first-order valence-corrected chi connectivity index (χ1v) is 11.5. The van der Waals surface area contributed by atoms with Crippen LogP contribution in [0, 0.1) is 18.3 Å². The van der Waals surface area contributed by atoms with E-state index in [-0.39, 0.29) is 11.3 Å². The van der Waals surface area contributed by atoms with Crippen molar-refractivity contribution in [3.63, 3.8) is 0 Å². The van der Waals surface area contributed by atoms with Crippen LogP contribution in [0.25, 0.3) is 0 Å². The summed E-state index contributed by atoms with van der Waals surface area (Å²) in [5.41, 5.74) is 0.939. The number of carbonyl (C=O) groups excluding carboxylic acids is 1. The van der Waals surface area contributed by atoms with Gasteiger partial charge >= 0.3 is 0 Å². The van der Waals surface area contributed by atoms with Crippen LogP contribution in [0.15, 0.2) is 15.7 Å². The maximum absolute atomic E-state index is 13.0. The van der Waals surface area contributed by atoms with Crippen LogP contribution in [0.2, 0.25) is 0 Å². The first-order chi connectivity index (χ1) is 11.9. The van der Waals surface area contributed by atoms with Crippen LogP contribution in [0.4, 0.5) is 0 Å². The lowest BCUT2D eigenvalue weighted by molar-refractivity contribution is -0.139. The number of hydrogen-bond donors (Lipinski definition) is 0. The number of thiophene rings is 1. The van der Waals surface area contributed by atoms with E-state index in [1.54, 1.807) is 10.4 Å². The van der Waals surface area contributed by atoms with Gasteiger partial charge in [-0.2, -0.15) is 4.31 Å². The molecule has 0 N–H and O–H groups in total. The molecule has 1 unspecified atom stereocenters. The third-order valence-electron chi connectivity index (χ3n) is 5.85. The van der Waals surface area contributed by atoms with Crippen molar-refractivity contribution in [2.75, 3.05) is 26.2 Å². The molecule has 5 nitrogen and oxygen atoms in total. The van der Waals surface area contributed by atoms with Crippen molar-refractivity contribution < 1.29 is 13.2 Å². The Morgan fingerprint density at radius 3 is 2.76 bits per heavy atom. The average Bonchev–Trinajstić information content (AvgIpc) is 3.28. The number of hydrogen-bond acceptors (Lipinski definition) is 4. The molecule has 1 atom stereocenters. The molecule has 0 aromatic carbocycles. The second-order valence-electron chi connectivity index (χ2n) is 8.10. The van der Waals surface area contributed by atoms with Crippen LogP contribution >= 0.6 is 11.3 Å². The number of nitrogens with zero attached hydrogens (tertiary/aromatic N) is 2. The van der Waals surface area contributed by atoms with E-state index in [0.29, 0.717) is 29.6 Å². The topological polar surface area (TPSA) is 57.7 Å². The maximum Gasteiger partial charge on any atom is 0.252 e. The summed E-state index contributed by atoms with van der Waals surface area (Å²) < 4.78 is 28.2. The summed E-state index contributed by atoms with van der Waals surface area (Å²) in [5, 5.41) is 1.89. The molecular weight excluding hydrogens is 356 g/mol. The normalized spacial score (nSPS) is 28.7. The molecule has 0 radical (unpaired) electrons. The van der Waals surface area contributed by atoms with Crippen molar-refractivity contribution in [2.45, 2.75) is 49.7 Å². The van der Waals surface area contributed by atoms with Crippen molar-refractivity contribution in [1.29, 1.82) is 0 Å². The van der Waals surface area contributed by atoms with Gasteiger partial charge in [-0.05, 0) is 62.0 Å². The predicted molar refractivity (Wildman–Crippen MR) is 98.0 cm³/mol. The number of aryl methyl sites for hydroxylation is 1. The molecule has 1 spiro atoms. The molecule has 1 saturated carbocycles. The third-order valence-corrected chi connectivity index (χ3v) is 9.23. The molecule has 7 heteroatoms. The smallest absolute Gasteiger partial charge is 0.252 e. The van der Waals surface area contributed by atoms with Crippen molar-refractivity contribution in [3.05, 3.63) is 17.0 Å². The molecule has 25 heavy (non-hydrogen) atoms. The summed E-state index contributed by atoms with van der Waals surface area (Å²) in [6.45, 7) is 4.68. The van der Waals surface area contributed by atoms with Gasteiger partial charge in [-0.1, -0.05) is 0 Å². The van der Waals surface area contributed by atoms with Gasteiger partial charge in [0, 0.05) is 38.0 Å². The van der Waals surface area contributed by atoms with E-state index in [9.17, 15) is 13.2 Å². The van der Waals surface area contributed by atoms with E-state index in [1.807, 2.05) is 17.2 Å². The first-order valence-electron chi connectivity index (χ1n) is 9.21. The Morgan fingerprint density at radius 1 is 1.28 bits per heavy atom. The molecule has 1 amide bonds. The highest BCUT2D eigenvalue weighted by Gasteiger charge is 2.45. The second kappa shape index (κ2) is 6.35. The van der Waals surface area contributed by atoms with Crippen LogP contribution in [0.5, 0.6) is 0 Å². The number of rotatable bonds is 4. The highest BCUT2D eigenvalue weighted by Crippen LogP contribution is 2.42. The van der Waals surface area contributed by atoms with Crippen LogP contribution in [0.3, 0.4) is 0 Å². The Hall–Kier alpha value is -0.920. The van der Waals surface area contributed by atoms with E-state index in [1.165, 1.54) is 24.2 Å². The fourth-order valence-electron chi connectivity index (χ4n) is 4.25. The summed E-state index contributed by atoms with van der Waals surface area (Å²) in [6.07, 6.45) is 5.76. The van der Waals surface area contributed by atoms with E-state index < -0.39 is 10.0 Å². The fraction of sp³-hybridized carbons (Fsp3) is 0.722. The van der Waals surface area contributed by atoms with Gasteiger partial charge in [0.2, 0.25) is 5.91 Å². The summed E-state index contributed by atoms with van der Waals surface area (Å²) >= 11 is 1.31. The van der Waals surface area contributed by atoms with Crippen LogP contribution in [-0.2, 0) is 14.8 Å². The van der Waals surface area contributed by atoms with Gasteiger partial charge in [0.1, 0.15) is 4.21 Å². The van der Waals surface area contributed by atoms with Crippen LogP contribution in [-0.4, -0.2) is 49.7 Å². The fourth-order valence-corrected chi connectivity index (χ4v) is 7.22. The largest absolute Gasteiger partial charge is 0.342 e. The molecule has 1 aromatic rings. The van der Waals surface area contributed by atoms with Crippen LogP contribution in [0.1, 0.15) is 44.1 Å². The molecule has 0 bridgehead atoms. The Kier molecular flexibility index (Phi) is 4.45. The van der Waals surface area contributed by atoms with Gasteiger partial charge in [0.25, 0.3) is 10.0 Å². The Morgan fingerprint density at radius 2 is 2.08 bits per heavy atom. The molecule has 1 aliphatic carbocycles. The van der Waals surface area contributed by atoms with Gasteiger partial charge in [0.05, 0.1) is 0 Å². The zero-order valence-corrected chi connectivity index (χ0v) is 16.4. The summed E-state index contributed by atoms with van der Waals surface area (Å²) in [6, 6.07) is 1.77. The minimum atomic E-state index is -3.41. The quantitative estimate of drug-likeness (QED) is 0.805. The Labute approximate surface area is 154 Å². The van der Waals surface area contributed by atoms with Crippen LogP contribution < -0.4 is 0 Å². The first kappa shape index (κ1) is 17.5. The lowest BCUT2D eigenvalue weighted by atomic mass is 9.74. The van der Waals surface area contributed by atoms with Crippen molar-refractivity contribution in [3.8, 4) is 0 Å². The predicted octanol–water partition coefficient (Wildman–Crippen LogP) is 2.86. The number of sulfonamides is 1. The molecule has 2 aliphatic heterocycles. The number of piperidine rings is 2. The zero-order chi connectivity index (χ0) is 17.7. The minimum Gasteiger partial charge on any atom is -0.342 e. The highest BCUT2D eigenvalue weighted by molar-refractivity contribution is 7.91. The van der Waals surface area contributed by atoms with Crippen molar-refractivity contribution in [2.24, 2.45) is 11.3 Å². The minimum absolute atomic E-state index is 0.0551. The van der Waals surface area contributed by atoms with Gasteiger partial charge in [0.15, 0.2) is 0 Å². The maximum atomic E-state index is 13.0. The van der Waals surface area contributed by atoms with Gasteiger partial charge < -0.3 is 4.90 Å². The summed E-state index contributed by atoms with van der Waals surface area (Å²) in [7, 11) is -3.41. The molecule has 3 heterocycles. The number of amides is 1. The average molecular weight is 383 g/mol. The molecule has 3 aliphatic rings. The molecule has 138 valence electrons. The molecular formula is C18H26N2O3S2. The zero-order valence-electron chi connectivity index (χ0n) is 14.7. The van der Waals surface area contributed by atoms with E-state index in [2.05, 4.69) is 0 Å². The van der Waals surface area contributed by atoms with Crippen molar-refractivity contribution >= 4 is 27.3 Å². The second-order valence-corrected chi connectivity index (χ2v) is 11.2. The SMILES string of the molecule is Cc1csc(S(=O)(=O)N2CCCC3(CCC(=O)N(CC4CC4)C3)C2)c1. The lowest BCUT2D eigenvalue weighted by Gasteiger charge is -2.47. The highest BCUT2D eigenvalue weighted by atomic mass is 32.2. The molecule has 4 rings (SSSR count). The van der Waals surface area contributed by atoms with E-state index >= 15 is 0 Å². The summed E-state index contributed by atoms with van der Waals surface area (Å²) in [4.78, 5) is 14.3. The summed E-state index contributed by atoms with van der Waals surface area (Å²) in [5.74, 6) is 0.933.